The normalized spacial score (nSPS) is 10.8. The molecule has 110 valence electrons. The number of nitrogens with one attached hydrogen (secondary N) is 1. The molecule has 0 aliphatic heterocycles. The molecule has 0 saturated carbocycles. The fourth-order valence-electron chi connectivity index (χ4n) is 1.55. The molecule has 0 radical (unpaired) electrons. The van der Waals surface area contributed by atoms with Gasteiger partial charge in [-0.1, -0.05) is 25.4 Å². The highest BCUT2D eigenvalue weighted by molar-refractivity contribution is 9.11. The average molecular weight is 435 g/mol. The van der Waals surface area contributed by atoms with E-state index in [1.807, 2.05) is 13.8 Å². The molecule has 0 aliphatic rings. The summed E-state index contributed by atoms with van der Waals surface area (Å²) in [4.78, 5) is 24.7. The molecule has 2 rings (SSSR count). The average Bonchev–Trinajstić information content (AvgIpc) is 2.41. The molecule has 0 saturated heterocycles. The number of hydrogen-bond acceptors (Lipinski definition) is 4. The van der Waals surface area contributed by atoms with E-state index in [-0.39, 0.29) is 17.0 Å². The molecule has 8 heteroatoms. The van der Waals surface area contributed by atoms with Crippen LogP contribution in [-0.4, -0.2) is 20.9 Å². The summed E-state index contributed by atoms with van der Waals surface area (Å²) in [7, 11) is 0. The predicted molar refractivity (Wildman–Crippen MR) is 88.7 cm³/mol. The lowest BCUT2D eigenvalue weighted by atomic mass is 10.1. The molecule has 2 heterocycles. The van der Waals surface area contributed by atoms with Crippen molar-refractivity contribution in [3.8, 4) is 0 Å². The van der Waals surface area contributed by atoms with Crippen LogP contribution in [0.25, 0.3) is 0 Å². The Kier molecular flexibility index (Phi) is 5.29. The van der Waals surface area contributed by atoms with Gasteiger partial charge in [0, 0.05) is 11.3 Å². The van der Waals surface area contributed by atoms with Gasteiger partial charge in [-0.25, -0.2) is 15.0 Å². The lowest BCUT2D eigenvalue weighted by molar-refractivity contribution is 0.102. The Balaban J connectivity index is 2.28. The van der Waals surface area contributed by atoms with Crippen LogP contribution in [0.3, 0.4) is 0 Å². The number of anilines is 1. The van der Waals surface area contributed by atoms with E-state index in [0.717, 1.165) is 5.69 Å². The Bertz CT molecular complexity index is 694. The number of pyridine rings is 1. The monoisotopic (exact) mass is 432 g/mol. The Morgan fingerprint density at radius 1 is 1.29 bits per heavy atom. The van der Waals surface area contributed by atoms with E-state index in [9.17, 15) is 4.79 Å². The third-order valence-electron chi connectivity index (χ3n) is 2.60. The second-order valence-corrected chi connectivity index (χ2v) is 6.50. The molecular formula is C13H11Br2ClN4O. The quantitative estimate of drug-likeness (QED) is 0.726. The minimum atomic E-state index is -0.321. The van der Waals surface area contributed by atoms with Crippen molar-refractivity contribution >= 4 is 55.2 Å². The number of rotatable bonds is 3. The standard InChI is InChI=1S/C13H11Br2ClN4O/c1-6(2)8-3-7(4-10(16)18-8)13(21)20-12-11(15)19-9(14)5-17-12/h3-6H,1-2H3,(H,17,20,21). The summed E-state index contributed by atoms with van der Waals surface area (Å²) in [5.74, 6) is 0.190. The molecule has 1 N–H and O–H groups in total. The van der Waals surface area contributed by atoms with Crippen molar-refractivity contribution in [2.45, 2.75) is 19.8 Å². The van der Waals surface area contributed by atoms with Crippen LogP contribution >= 0.6 is 43.5 Å². The van der Waals surface area contributed by atoms with Gasteiger partial charge in [0.2, 0.25) is 0 Å². The largest absolute Gasteiger partial charge is 0.304 e. The van der Waals surface area contributed by atoms with Crippen LogP contribution in [0.5, 0.6) is 0 Å². The fraction of sp³-hybridized carbons (Fsp3) is 0.231. The molecular weight excluding hydrogens is 423 g/mol. The van der Waals surface area contributed by atoms with Crippen LogP contribution in [0.15, 0.2) is 27.5 Å². The van der Waals surface area contributed by atoms with E-state index in [2.05, 4.69) is 52.1 Å². The Morgan fingerprint density at radius 2 is 2.00 bits per heavy atom. The maximum absolute atomic E-state index is 12.3. The molecule has 0 unspecified atom stereocenters. The van der Waals surface area contributed by atoms with Crippen LogP contribution < -0.4 is 5.32 Å². The van der Waals surface area contributed by atoms with Crippen LogP contribution in [0, 0.1) is 0 Å². The molecule has 2 aromatic rings. The minimum Gasteiger partial charge on any atom is -0.304 e. The first-order valence-corrected chi connectivity index (χ1v) is 8.00. The van der Waals surface area contributed by atoms with Crippen molar-refractivity contribution in [1.29, 1.82) is 0 Å². The highest BCUT2D eigenvalue weighted by Gasteiger charge is 2.14. The Morgan fingerprint density at radius 3 is 2.62 bits per heavy atom. The number of aromatic nitrogens is 3. The van der Waals surface area contributed by atoms with Crippen molar-refractivity contribution in [3.05, 3.63) is 43.9 Å². The molecule has 0 aromatic carbocycles. The minimum absolute atomic E-state index is 0.175. The maximum Gasteiger partial charge on any atom is 0.257 e. The van der Waals surface area contributed by atoms with Crippen LogP contribution in [-0.2, 0) is 0 Å². The number of carbonyl (C=O) groups excluding carboxylic acids is 1. The van der Waals surface area contributed by atoms with Gasteiger partial charge in [-0.2, -0.15) is 0 Å². The van der Waals surface area contributed by atoms with E-state index in [0.29, 0.717) is 20.6 Å². The molecule has 1 amide bonds. The van der Waals surface area contributed by atoms with Crippen LogP contribution in [0.4, 0.5) is 5.82 Å². The van der Waals surface area contributed by atoms with Crippen molar-refractivity contribution in [3.63, 3.8) is 0 Å². The first-order valence-electron chi connectivity index (χ1n) is 6.03. The summed E-state index contributed by atoms with van der Waals surface area (Å²) in [5.41, 5.74) is 1.18. The number of nitrogens with zero attached hydrogens (tertiary/aromatic N) is 3. The van der Waals surface area contributed by atoms with Gasteiger partial charge in [-0.15, -0.1) is 0 Å². The topological polar surface area (TPSA) is 67.8 Å². The van der Waals surface area contributed by atoms with Gasteiger partial charge >= 0.3 is 0 Å². The van der Waals surface area contributed by atoms with E-state index in [1.54, 1.807) is 6.07 Å². The first kappa shape index (κ1) is 16.3. The Labute approximate surface area is 143 Å². The van der Waals surface area contributed by atoms with Crippen molar-refractivity contribution in [1.82, 2.24) is 15.0 Å². The summed E-state index contributed by atoms with van der Waals surface area (Å²) >= 11 is 12.4. The number of amides is 1. The zero-order valence-corrected chi connectivity index (χ0v) is 15.1. The van der Waals surface area contributed by atoms with Gasteiger partial charge < -0.3 is 5.32 Å². The fourth-order valence-corrected chi connectivity index (χ4v) is 2.68. The lowest BCUT2D eigenvalue weighted by Crippen LogP contribution is -2.15. The van der Waals surface area contributed by atoms with Crippen molar-refractivity contribution < 1.29 is 4.79 Å². The molecule has 0 bridgehead atoms. The highest BCUT2D eigenvalue weighted by atomic mass is 79.9. The van der Waals surface area contributed by atoms with Gasteiger partial charge in [-0.05, 0) is 49.9 Å². The van der Waals surface area contributed by atoms with E-state index < -0.39 is 0 Å². The molecule has 0 fully saturated rings. The molecule has 0 aliphatic carbocycles. The third-order valence-corrected chi connectivity index (χ3v) is 3.73. The predicted octanol–water partition coefficient (Wildman–Crippen LogP) is 4.43. The summed E-state index contributed by atoms with van der Waals surface area (Å²) in [6.45, 7) is 3.97. The SMILES string of the molecule is CC(C)c1cc(C(=O)Nc2ncc(Br)nc2Br)cc(Cl)n1. The molecule has 0 atom stereocenters. The van der Waals surface area contributed by atoms with Gasteiger partial charge in [0.05, 0.1) is 6.20 Å². The Hall–Kier alpha value is -1.05. The van der Waals surface area contributed by atoms with Crippen LogP contribution in [0.2, 0.25) is 5.15 Å². The van der Waals surface area contributed by atoms with Crippen molar-refractivity contribution in [2.75, 3.05) is 5.32 Å². The second kappa shape index (κ2) is 6.81. The number of hydrogen-bond donors (Lipinski definition) is 1. The van der Waals surface area contributed by atoms with Gasteiger partial charge in [0.15, 0.2) is 5.82 Å². The molecule has 21 heavy (non-hydrogen) atoms. The first-order chi connectivity index (χ1) is 9.86. The smallest absolute Gasteiger partial charge is 0.257 e. The van der Waals surface area contributed by atoms with E-state index >= 15 is 0 Å². The third kappa shape index (κ3) is 4.21. The maximum atomic E-state index is 12.3. The van der Waals surface area contributed by atoms with E-state index in [1.165, 1.54) is 12.3 Å². The number of carbonyl (C=O) groups is 1. The highest BCUT2D eigenvalue weighted by Crippen LogP contribution is 2.22. The van der Waals surface area contributed by atoms with Crippen LogP contribution in [0.1, 0.15) is 35.8 Å². The van der Waals surface area contributed by atoms with Gasteiger partial charge in [0.25, 0.3) is 5.91 Å². The van der Waals surface area contributed by atoms with Crippen molar-refractivity contribution in [2.24, 2.45) is 0 Å². The van der Waals surface area contributed by atoms with Gasteiger partial charge in [-0.3, -0.25) is 4.79 Å². The summed E-state index contributed by atoms with van der Waals surface area (Å²) in [6, 6.07) is 3.23. The molecule has 2 aromatic heterocycles. The lowest BCUT2D eigenvalue weighted by Gasteiger charge is -2.09. The van der Waals surface area contributed by atoms with Gasteiger partial charge in [0.1, 0.15) is 14.4 Å². The molecule has 0 spiro atoms. The molecule has 5 nitrogen and oxygen atoms in total. The van der Waals surface area contributed by atoms with E-state index in [4.69, 9.17) is 11.6 Å². The zero-order chi connectivity index (χ0) is 15.6. The summed E-state index contributed by atoms with van der Waals surface area (Å²) in [6.07, 6.45) is 1.50. The zero-order valence-electron chi connectivity index (χ0n) is 11.2. The second-order valence-electron chi connectivity index (χ2n) is 4.54. The summed E-state index contributed by atoms with van der Waals surface area (Å²) in [5, 5.41) is 2.96. The summed E-state index contributed by atoms with van der Waals surface area (Å²) < 4.78 is 1.01. The number of halogens is 3.